The van der Waals surface area contributed by atoms with E-state index in [2.05, 4.69) is 0 Å². The molecule has 0 radical (unpaired) electrons. The third kappa shape index (κ3) is 5.77. The molecule has 0 atom stereocenters. The first-order chi connectivity index (χ1) is 11.2. The molecule has 118 valence electrons. The molecular formula is C18H15ClO3S. The van der Waals surface area contributed by atoms with Crippen LogP contribution in [-0.4, -0.2) is 7.11 Å². The summed E-state index contributed by atoms with van der Waals surface area (Å²) in [6.07, 6.45) is 14.9. The Morgan fingerprint density at radius 1 is 1.09 bits per heavy atom. The van der Waals surface area contributed by atoms with Crippen molar-refractivity contribution in [3.05, 3.63) is 86.1 Å². The van der Waals surface area contributed by atoms with E-state index in [1.165, 1.54) is 13.2 Å². The second-order valence-corrected chi connectivity index (χ2v) is 5.69. The number of allylic oxidation sites excluding steroid dienone is 6. The SMILES string of the molecule is COc1cc(/C=C/C=C/C=C/C=C/c2sccc2Cl)oc(=O)c1. The quantitative estimate of drug-likeness (QED) is 0.674. The summed E-state index contributed by atoms with van der Waals surface area (Å²) < 4.78 is 10.0. The molecule has 0 aliphatic heterocycles. The van der Waals surface area contributed by atoms with Crippen molar-refractivity contribution in [3.8, 4) is 5.75 Å². The standard InChI is InChI=1S/C18H15ClO3S/c1-21-15-12-14(22-18(20)13-15)8-6-4-2-3-5-7-9-17-16(19)10-11-23-17/h2-13H,1H3/b4-2+,5-3+,8-6+,9-7+. The van der Waals surface area contributed by atoms with Crippen molar-refractivity contribution < 1.29 is 9.15 Å². The second-order valence-electron chi connectivity index (χ2n) is 4.34. The van der Waals surface area contributed by atoms with Crippen molar-refractivity contribution in [1.82, 2.24) is 0 Å². The van der Waals surface area contributed by atoms with Gasteiger partial charge in [0.2, 0.25) is 0 Å². The van der Waals surface area contributed by atoms with Gasteiger partial charge in [-0.15, -0.1) is 11.3 Å². The molecule has 5 heteroatoms. The number of rotatable bonds is 6. The van der Waals surface area contributed by atoms with Gasteiger partial charge in [0, 0.05) is 10.9 Å². The number of hydrogen-bond donors (Lipinski definition) is 0. The minimum Gasteiger partial charge on any atom is -0.496 e. The molecule has 0 N–H and O–H groups in total. The second kappa shape index (κ2) is 8.98. The van der Waals surface area contributed by atoms with E-state index in [1.807, 2.05) is 47.9 Å². The van der Waals surface area contributed by atoms with Gasteiger partial charge in [0.15, 0.2) is 0 Å². The molecule has 23 heavy (non-hydrogen) atoms. The van der Waals surface area contributed by atoms with Crippen LogP contribution >= 0.6 is 22.9 Å². The van der Waals surface area contributed by atoms with Gasteiger partial charge in [0.25, 0.3) is 0 Å². The molecule has 0 fully saturated rings. The molecule has 0 aliphatic rings. The van der Waals surface area contributed by atoms with Crippen molar-refractivity contribution in [1.29, 1.82) is 0 Å². The lowest BCUT2D eigenvalue weighted by Gasteiger charge is -1.97. The molecule has 0 amide bonds. The lowest BCUT2D eigenvalue weighted by Crippen LogP contribution is -1.98. The zero-order chi connectivity index (χ0) is 16.5. The Bertz CT molecular complexity index is 810. The zero-order valence-electron chi connectivity index (χ0n) is 12.4. The number of hydrogen-bond acceptors (Lipinski definition) is 4. The maximum Gasteiger partial charge on any atom is 0.339 e. The molecule has 0 saturated heterocycles. The number of halogens is 1. The van der Waals surface area contributed by atoms with Crippen molar-refractivity contribution in [2.75, 3.05) is 7.11 Å². The van der Waals surface area contributed by atoms with Crippen LogP contribution in [0.2, 0.25) is 5.02 Å². The highest BCUT2D eigenvalue weighted by Gasteiger charge is 1.97. The van der Waals surface area contributed by atoms with Crippen LogP contribution in [0.1, 0.15) is 10.6 Å². The Balaban J connectivity index is 1.88. The van der Waals surface area contributed by atoms with Crippen LogP contribution in [-0.2, 0) is 0 Å². The molecule has 0 unspecified atom stereocenters. The van der Waals surface area contributed by atoms with E-state index >= 15 is 0 Å². The smallest absolute Gasteiger partial charge is 0.339 e. The molecule has 0 saturated carbocycles. The molecular weight excluding hydrogens is 332 g/mol. The Labute approximate surface area is 143 Å². The molecule has 2 rings (SSSR count). The molecule has 0 bridgehead atoms. The summed E-state index contributed by atoms with van der Waals surface area (Å²) in [7, 11) is 1.50. The molecule has 0 aliphatic carbocycles. The highest BCUT2D eigenvalue weighted by atomic mass is 35.5. The topological polar surface area (TPSA) is 39.4 Å². The van der Waals surface area contributed by atoms with Crippen LogP contribution in [0.4, 0.5) is 0 Å². The van der Waals surface area contributed by atoms with Crippen LogP contribution in [0.15, 0.2) is 69.2 Å². The molecule has 2 aromatic rings. The van der Waals surface area contributed by atoms with Gasteiger partial charge in [0.05, 0.1) is 18.2 Å². The minimum atomic E-state index is -0.440. The van der Waals surface area contributed by atoms with Crippen molar-refractivity contribution >= 4 is 35.1 Å². The largest absolute Gasteiger partial charge is 0.496 e. The summed E-state index contributed by atoms with van der Waals surface area (Å²) in [5.41, 5.74) is -0.440. The summed E-state index contributed by atoms with van der Waals surface area (Å²) >= 11 is 7.58. The fourth-order valence-electron chi connectivity index (χ4n) is 1.65. The zero-order valence-corrected chi connectivity index (χ0v) is 14.0. The van der Waals surface area contributed by atoms with Gasteiger partial charge in [0.1, 0.15) is 11.5 Å². The predicted octanol–water partition coefficient (Wildman–Crippen LogP) is 5.20. The van der Waals surface area contributed by atoms with Gasteiger partial charge in [-0.1, -0.05) is 48.1 Å². The summed E-state index contributed by atoms with van der Waals surface area (Å²) in [6, 6.07) is 4.81. The van der Waals surface area contributed by atoms with E-state index in [1.54, 1.807) is 29.6 Å². The van der Waals surface area contributed by atoms with Crippen LogP contribution in [0.5, 0.6) is 5.75 Å². The summed E-state index contributed by atoms with van der Waals surface area (Å²) in [6.45, 7) is 0. The monoisotopic (exact) mass is 346 g/mol. The lowest BCUT2D eigenvalue weighted by atomic mass is 10.3. The van der Waals surface area contributed by atoms with Crippen LogP contribution in [0.25, 0.3) is 12.2 Å². The van der Waals surface area contributed by atoms with Gasteiger partial charge in [-0.05, 0) is 23.6 Å². The molecule has 0 aromatic carbocycles. The Morgan fingerprint density at radius 2 is 1.78 bits per heavy atom. The fourth-order valence-corrected chi connectivity index (χ4v) is 2.67. The number of methoxy groups -OCH3 is 1. The third-order valence-electron chi connectivity index (χ3n) is 2.71. The van der Waals surface area contributed by atoms with Crippen LogP contribution in [0, 0.1) is 0 Å². The maximum atomic E-state index is 11.3. The number of thiophene rings is 1. The van der Waals surface area contributed by atoms with Crippen LogP contribution < -0.4 is 10.4 Å². The molecule has 2 heterocycles. The van der Waals surface area contributed by atoms with Gasteiger partial charge < -0.3 is 9.15 Å². The summed E-state index contributed by atoms with van der Waals surface area (Å²) in [5.74, 6) is 0.914. The molecule has 3 nitrogen and oxygen atoms in total. The summed E-state index contributed by atoms with van der Waals surface area (Å²) in [5, 5.41) is 2.71. The van der Waals surface area contributed by atoms with Crippen molar-refractivity contribution in [2.24, 2.45) is 0 Å². The fraction of sp³-hybridized carbons (Fsp3) is 0.0556. The minimum absolute atomic E-state index is 0.440. The van der Waals surface area contributed by atoms with E-state index in [-0.39, 0.29) is 0 Å². The Kier molecular flexibility index (Phi) is 6.66. The first-order valence-corrected chi connectivity index (χ1v) is 8.05. The van der Waals surface area contributed by atoms with Gasteiger partial charge in [-0.3, -0.25) is 0 Å². The highest BCUT2D eigenvalue weighted by Crippen LogP contribution is 2.23. The predicted molar refractivity (Wildman–Crippen MR) is 97.2 cm³/mol. The normalized spacial score (nSPS) is 12.3. The molecule has 0 spiro atoms. The first-order valence-electron chi connectivity index (χ1n) is 6.79. The molecule has 2 aromatic heterocycles. The summed E-state index contributed by atoms with van der Waals surface area (Å²) in [4.78, 5) is 12.3. The Morgan fingerprint density at radius 3 is 2.43 bits per heavy atom. The van der Waals surface area contributed by atoms with E-state index in [0.717, 1.165) is 9.90 Å². The Hall–Kier alpha value is -2.30. The first kappa shape index (κ1) is 17.1. The average molecular weight is 347 g/mol. The van der Waals surface area contributed by atoms with Crippen molar-refractivity contribution in [2.45, 2.75) is 0 Å². The van der Waals surface area contributed by atoms with Crippen LogP contribution in [0.3, 0.4) is 0 Å². The van der Waals surface area contributed by atoms with E-state index in [9.17, 15) is 4.79 Å². The van der Waals surface area contributed by atoms with Crippen molar-refractivity contribution in [3.63, 3.8) is 0 Å². The van der Waals surface area contributed by atoms with E-state index in [0.29, 0.717) is 11.5 Å². The average Bonchev–Trinajstić information content (AvgIpc) is 2.94. The van der Waals surface area contributed by atoms with Gasteiger partial charge >= 0.3 is 5.63 Å². The van der Waals surface area contributed by atoms with Gasteiger partial charge in [-0.2, -0.15) is 0 Å². The van der Waals surface area contributed by atoms with Gasteiger partial charge in [-0.25, -0.2) is 4.79 Å². The maximum absolute atomic E-state index is 11.3. The number of ether oxygens (including phenoxy) is 1. The van der Waals surface area contributed by atoms with E-state index < -0.39 is 5.63 Å². The highest BCUT2D eigenvalue weighted by molar-refractivity contribution is 7.11. The lowest BCUT2D eigenvalue weighted by molar-refractivity contribution is 0.400. The van der Waals surface area contributed by atoms with E-state index in [4.69, 9.17) is 20.8 Å². The third-order valence-corrected chi connectivity index (χ3v) is 4.03.